The first-order valence-corrected chi connectivity index (χ1v) is 11.8. The molecule has 0 amide bonds. The van der Waals surface area contributed by atoms with E-state index in [1.54, 1.807) is 25.3 Å². The van der Waals surface area contributed by atoms with Gasteiger partial charge in [-0.05, 0) is 42.3 Å². The molecule has 3 aromatic carbocycles. The number of hydrogen-bond acceptors (Lipinski definition) is 6. The number of rotatable bonds is 5. The summed E-state index contributed by atoms with van der Waals surface area (Å²) in [6, 6.07) is 23.5. The standard InChI is InChI=1S/C29H28N2O4/c1-19-6-5-7-20(16-19)18-31-15-14-30-24(17-25(31)21-10-12-22(34-2)13-11-21)27-28(32)23-8-3-4-9-26(23)35-29(27)33/h3-13,16,25,32H,14-15,17-18H2,1-2H3/t25-/m1/s1. The zero-order chi connectivity index (χ0) is 24.4. The SMILES string of the molecule is COc1ccc([C@H]2CC(c3c(O)c4ccccc4oc3=O)=NCCN2Cc2cccc(C)c2)cc1. The highest BCUT2D eigenvalue weighted by Crippen LogP contribution is 2.34. The van der Waals surface area contributed by atoms with E-state index < -0.39 is 5.63 Å². The van der Waals surface area contributed by atoms with Gasteiger partial charge in [0.25, 0.3) is 0 Å². The van der Waals surface area contributed by atoms with E-state index in [-0.39, 0.29) is 17.4 Å². The normalized spacial score (nSPS) is 16.6. The van der Waals surface area contributed by atoms with Gasteiger partial charge in [-0.15, -0.1) is 0 Å². The Morgan fingerprint density at radius 1 is 1.09 bits per heavy atom. The molecule has 1 atom stereocenters. The van der Waals surface area contributed by atoms with Gasteiger partial charge in [-0.3, -0.25) is 9.89 Å². The zero-order valence-corrected chi connectivity index (χ0v) is 19.9. The van der Waals surface area contributed by atoms with Crippen LogP contribution < -0.4 is 10.4 Å². The zero-order valence-electron chi connectivity index (χ0n) is 19.9. The number of fused-ring (bicyclic) bond motifs is 1. The number of para-hydroxylation sites is 1. The first kappa shape index (κ1) is 22.9. The van der Waals surface area contributed by atoms with E-state index in [0.29, 0.717) is 36.2 Å². The van der Waals surface area contributed by atoms with Gasteiger partial charge in [0.1, 0.15) is 22.6 Å². The maximum Gasteiger partial charge on any atom is 0.349 e. The van der Waals surface area contributed by atoms with Gasteiger partial charge >= 0.3 is 5.63 Å². The first-order valence-electron chi connectivity index (χ1n) is 11.8. The third kappa shape index (κ3) is 4.70. The average Bonchev–Trinajstić information content (AvgIpc) is 3.06. The maximum atomic E-state index is 13.0. The van der Waals surface area contributed by atoms with Gasteiger partial charge < -0.3 is 14.3 Å². The summed E-state index contributed by atoms with van der Waals surface area (Å²) in [7, 11) is 1.65. The highest BCUT2D eigenvalue weighted by Gasteiger charge is 2.29. The molecule has 0 bridgehead atoms. The first-order chi connectivity index (χ1) is 17.0. The molecule has 0 saturated heterocycles. The van der Waals surface area contributed by atoms with Gasteiger partial charge in [-0.2, -0.15) is 0 Å². The Morgan fingerprint density at radius 2 is 1.89 bits per heavy atom. The van der Waals surface area contributed by atoms with Crippen LogP contribution in [0.2, 0.25) is 0 Å². The fourth-order valence-corrected chi connectivity index (χ4v) is 4.80. The fraction of sp³-hybridized carbons (Fsp3) is 0.241. The number of methoxy groups -OCH3 is 1. The third-order valence-electron chi connectivity index (χ3n) is 6.56. The van der Waals surface area contributed by atoms with Gasteiger partial charge in [-0.1, -0.05) is 54.1 Å². The van der Waals surface area contributed by atoms with Crippen molar-refractivity contribution < 1.29 is 14.3 Å². The Balaban J connectivity index is 1.55. The predicted octanol–water partition coefficient (Wildman–Crippen LogP) is 5.25. The van der Waals surface area contributed by atoms with Gasteiger partial charge in [-0.25, -0.2) is 4.79 Å². The molecule has 0 radical (unpaired) electrons. The summed E-state index contributed by atoms with van der Waals surface area (Å²) in [4.78, 5) is 20.1. The molecule has 4 aromatic rings. The molecule has 6 nitrogen and oxygen atoms in total. The van der Waals surface area contributed by atoms with Crippen molar-refractivity contribution in [1.82, 2.24) is 4.90 Å². The van der Waals surface area contributed by atoms with Gasteiger partial charge in [0.15, 0.2) is 0 Å². The van der Waals surface area contributed by atoms with Gasteiger partial charge in [0.2, 0.25) is 0 Å². The highest BCUT2D eigenvalue weighted by molar-refractivity contribution is 6.06. The molecule has 5 rings (SSSR count). The molecule has 35 heavy (non-hydrogen) atoms. The lowest BCUT2D eigenvalue weighted by Gasteiger charge is -2.30. The number of aromatic hydroxyl groups is 1. The number of aryl methyl sites for hydroxylation is 1. The van der Waals surface area contributed by atoms with Crippen LogP contribution in [0.4, 0.5) is 0 Å². The Labute approximate surface area is 204 Å². The van der Waals surface area contributed by atoms with E-state index in [2.05, 4.69) is 48.2 Å². The van der Waals surface area contributed by atoms with Crippen molar-refractivity contribution in [2.45, 2.75) is 25.9 Å². The van der Waals surface area contributed by atoms with Gasteiger partial charge in [0, 0.05) is 25.6 Å². The van der Waals surface area contributed by atoms with Crippen molar-refractivity contribution in [2.24, 2.45) is 4.99 Å². The van der Waals surface area contributed by atoms with Crippen LogP contribution in [0, 0.1) is 6.92 Å². The van der Waals surface area contributed by atoms with Crippen LogP contribution >= 0.6 is 0 Å². The molecular weight excluding hydrogens is 440 g/mol. The van der Waals surface area contributed by atoms with E-state index in [9.17, 15) is 9.90 Å². The van der Waals surface area contributed by atoms with Crippen LogP contribution in [0.15, 0.2) is 87.0 Å². The van der Waals surface area contributed by atoms with Crippen LogP contribution in [0.5, 0.6) is 11.5 Å². The molecule has 6 heteroatoms. The number of benzene rings is 3. The second-order valence-electron chi connectivity index (χ2n) is 8.89. The Morgan fingerprint density at radius 3 is 2.66 bits per heavy atom. The third-order valence-corrected chi connectivity index (χ3v) is 6.56. The quantitative estimate of drug-likeness (QED) is 0.405. The van der Waals surface area contributed by atoms with Crippen molar-refractivity contribution in [3.8, 4) is 11.5 Å². The molecule has 0 unspecified atom stereocenters. The van der Waals surface area contributed by atoms with Crippen LogP contribution in [0.1, 0.15) is 34.7 Å². The summed E-state index contributed by atoms with van der Waals surface area (Å²) in [6.45, 7) is 4.07. The molecule has 2 heterocycles. The van der Waals surface area contributed by atoms with Crippen LogP contribution in [0.25, 0.3) is 11.0 Å². The number of hydrogen-bond donors (Lipinski definition) is 1. The van der Waals surface area contributed by atoms with Crippen molar-refractivity contribution >= 4 is 16.7 Å². The second-order valence-corrected chi connectivity index (χ2v) is 8.89. The average molecular weight is 469 g/mol. The van der Waals surface area contributed by atoms with Crippen LogP contribution in [-0.2, 0) is 6.54 Å². The lowest BCUT2D eigenvalue weighted by molar-refractivity contribution is 0.203. The minimum absolute atomic E-state index is 0.0482. The van der Waals surface area contributed by atoms with E-state index in [0.717, 1.165) is 17.9 Å². The van der Waals surface area contributed by atoms with Crippen LogP contribution in [0.3, 0.4) is 0 Å². The predicted molar refractivity (Wildman–Crippen MR) is 137 cm³/mol. The smallest absolute Gasteiger partial charge is 0.349 e. The van der Waals surface area contributed by atoms with E-state index in [1.807, 2.05) is 18.2 Å². The molecule has 1 aliphatic heterocycles. The largest absolute Gasteiger partial charge is 0.506 e. The van der Waals surface area contributed by atoms with Crippen molar-refractivity contribution in [1.29, 1.82) is 0 Å². The van der Waals surface area contributed by atoms with E-state index in [4.69, 9.17) is 14.1 Å². The summed E-state index contributed by atoms with van der Waals surface area (Å²) in [5.41, 5.74) is 4.04. The topological polar surface area (TPSA) is 75.3 Å². The summed E-state index contributed by atoms with van der Waals surface area (Å²) < 4.78 is 10.9. The van der Waals surface area contributed by atoms with Crippen LogP contribution in [-0.4, -0.2) is 35.9 Å². The number of ether oxygens (including phenoxy) is 1. The Kier molecular flexibility index (Phi) is 6.38. The fourth-order valence-electron chi connectivity index (χ4n) is 4.80. The van der Waals surface area contributed by atoms with Gasteiger partial charge in [0.05, 0.1) is 24.8 Å². The molecule has 0 aliphatic carbocycles. The number of aliphatic imine (C=N–C) groups is 1. The number of nitrogens with zero attached hydrogens (tertiary/aromatic N) is 2. The second kappa shape index (κ2) is 9.76. The van der Waals surface area contributed by atoms with E-state index >= 15 is 0 Å². The lowest BCUT2D eigenvalue weighted by Crippen LogP contribution is -2.30. The molecule has 0 fully saturated rings. The Bertz CT molecular complexity index is 1440. The molecule has 1 N–H and O–H groups in total. The molecule has 0 spiro atoms. The van der Waals surface area contributed by atoms with Crippen molar-refractivity contribution in [3.05, 3.63) is 105 Å². The highest BCUT2D eigenvalue weighted by atomic mass is 16.5. The minimum atomic E-state index is -0.569. The summed E-state index contributed by atoms with van der Waals surface area (Å²) >= 11 is 0. The lowest BCUT2D eigenvalue weighted by atomic mass is 9.95. The van der Waals surface area contributed by atoms with Crippen molar-refractivity contribution in [3.63, 3.8) is 0 Å². The van der Waals surface area contributed by atoms with Crippen molar-refractivity contribution in [2.75, 3.05) is 20.2 Å². The molecule has 178 valence electrons. The minimum Gasteiger partial charge on any atom is -0.506 e. The summed E-state index contributed by atoms with van der Waals surface area (Å²) in [5, 5.41) is 11.6. The molecular formula is C29H28N2O4. The monoisotopic (exact) mass is 468 g/mol. The summed E-state index contributed by atoms with van der Waals surface area (Å²) in [5.74, 6) is 0.713. The molecule has 1 aromatic heterocycles. The maximum absolute atomic E-state index is 13.0. The Hall–Kier alpha value is -3.90. The summed E-state index contributed by atoms with van der Waals surface area (Å²) in [6.07, 6.45) is 0.467. The molecule has 0 saturated carbocycles. The molecule has 1 aliphatic rings. The van der Waals surface area contributed by atoms with E-state index in [1.165, 1.54) is 11.1 Å².